The van der Waals surface area contributed by atoms with Crippen molar-refractivity contribution in [1.29, 1.82) is 0 Å². The summed E-state index contributed by atoms with van der Waals surface area (Å²) in [7, 11) is 0. The monoisotopic (exact) mass is 206 g/mol. The fourth-order valence-corrected chi connectivity index (χ4v) is 0.500. The molecule has 14 heavy (non-hydrogen) atoms. The summed E-state index contributed by atoms with van der Waals surface area (Å²) in [6.07, 6.45) is 5.54. The number of hydrogen-bond donors (Lipinski definition) is 1. The van der Waals surface area contributed by atoms with Crippen LogP contribution in [0.4, 0.5) is 0 Å². The average Bonchev–Trinajstić information content (AvgIpc) is 2.01. The average molecular weight is 206 g/mol. The number of ketones is 1. The first-order valence-electron chi connectivity index (χ1n) is 4.61. The zero-order valence-electron chi connectivity index (χ0n) is 9.17. The van der Waals surface area contributed by atoms with E-state index in [4.69, 9.17) is 9.90 Å². The molecule has 0 aliphatic carbocycles. The van der Waals surface area contributed by atoms with Crippen molar-refractivity contribution in [1.82, 2.24) is 0 Å². The third-order valence-corrected chi connectivity index (χ3v) is 0.957. The van der Waals surface area contributed by atoms with Gasteiger partial charge in [0.15, 0.2) is 0 Å². The molecule has 0 amide bonds. The molecular formula is C11H26O3. The van der Waals surface area contributed by atoms with Crippen molar-refractivity contribution in [3.8, 4) is 0 Å². The van der Waals surface area contributed by atoms with E-state index in [9.17, 15) is 4.79 Å². The van der Waals surface area contributed by atoms with Crippen LogP contribution < -0.4 is 0 Å². The van der Waals surface area contributed by atoms with Gasteiger partial charge < -0.3 is 9.90 Å². The van der Waals surface area contributed by atoms with Gasteiger partial charge in [-0.3, -0.25) is 4.79 Å². The van der Waals surface area contributed by atoms with E-state index in [1.54, 1.807) is 0 Å². The molecule has 88 valence electrons. The normalized spacial score (nSPS) is 6.57. The van der Waals surface area contributed by atoms with Crippen molar-refractivity contribution in [2.45, 2.75) is 60.8 Å². The van der Waals surface area contributed by atoms with Gasteiger partial charge in [0, 0.05) is 0 Å². The second-order valence-electron chi connectivity index (χ2n) is 2.72. The smallest absolute Gasteiger partial charge is 0.290 e. The number of carbonyl (C=O) groups is 2. The van der Waals surface area contributed by atoms with Crippen LogP contribution in [0.15, 0.2) is 0 Å². The molecular weight excluding hydrogens is 180 g/mol. The molecule has 0 rings (SSSR count). The summed E-state index contributed by atoms with van der Waals surface area (Å²) in [5, 5.41) is 6.89. The Labute approximate surface area is 88.5 Å². The van der Waals surface area contributed by atoms with Crippen molar-refractivity contribution >= 4 is 12.3 Å². The highest BCUT2D eigenvalue weighted by Gasteiger charge is 1.75. The van der Waals surface area contributed by atoms with Gasteiger partial charge >= 0.3 is 0 Å². The largest absolute Gasteiger partial charge is 0.483 e. The molecule has 3 nitrogen and oxygen atoms in total. The van der Waals surface area contributed by atoms with Gasteiger partial charge in [0.25, 0.3) is 6.47 Å². The van der Waals surface area contributed by atoms with Crippen LogP contribution in [-0.4, -0.2) is 17.4 Å². The van der Waals surface area contributed by atoms with Crippen molar-refractivity contribution < 1.29 is 14.7 Å². The summed E-state index contributed by atoms with van der Waals surface area (Å²) >= 11 is 0. The summed E-state index contributed by atoms with van der Waals surface area (Å²) in [5.41, 5.74) is 0. The first kappa shape index (κ1) is 23.2. The van der Waals surface area contributed by atoms with Crippen LogP contribution in [0, 0.1) is 0 Å². The van der Waals surface area contributed by atoms with E-state index in [1.807, 2.05) is 0 Å². The van der Waals surface area contributed by atoms with E-state index < -0.39 is 0 Å². The fourth-order valence-electron chi connectivity index (χ4n) is 0.500. The highest BCUT2D eigenvalue weighted by molar-refractivity contribution is 5.72. The molecule has 0 aliphatic heterocycles. The molecule has 0 saturated heterocycles. The molecule has 0 unspecified atom stereocenters. The Hall–Kier alpha value is -0.860. The van der Waals surface area contributed by atoms with Crippen LogP contribution in [0.2, 0.25) is 0 Å². The Morgan fingerprint density at radius 2 is 1.29 bits per heavy atom. The minimum Gasteiger partial charge on any atom is -0.483 e. The maximum atomic E-state index is 9.44. The summed E-state index contributed by atoms with van der Waals surface area (Å²) in [5.74, 6) is 0.167. The first-order valence-corrected chi connectivity index (χ1v) is 4.61. The van der Waals surface area contributed by atoms with Crippen molar-refractivity contribution in [3.63, 3.8) is 0 Å². The number of carbonyl (C=O) groups excluding carboxylic acids is 1. The van der Waals surface area contributed by atoms with Crippen LogP contribution in [0.1, 0.15) is 60.8 Å². The van der Waals surface area contributed by atoms with Crippen molar-refractivity contribution in [2.75, 3.05) is 0 Å². The van der Waals surface area contributed by atoms with Gasteiger partial charge in [0.1, 0.15) is 5.78 Å². The van der Waals surface area contributed by atoms with Gasteiger partial charge in [0.2, 0.25) is 0 Å². The Balaban J connectivity index is -0.0000000553. The molecule has 0 atom stereocenters. The van der Waals surface area contributed by atoms with E-state index in [-0.39, 0.29) is 19.7 Å². The lowest BCUT2D eigenvalue weighted by Gasteiger charge is -1.86. The molecule has 0 aromatic rings. The van der Waals surface area contributed by atoms with E-state index in [0.717, 1.165) is 0 Å². The van der Waals surface area contributed by atoms with E-state index in [0.29, 0.717) is 0 Å². The summed E-state index contributed by atoms with van der Waals surface area (Å²) in [6, 6.07) is 0. The molecule has 0 aromatic carbocycles. The lowest BCUT2D eigenvalue weighted by Crippen LogP contribution is -1.69. The Kier molecular flexibility index (Phi) is 48.9. The first-order chi connectivity index (χ1) is 6.06. The summed E-state index contributed by atoms with van der Waals surface area (Å²) in [4.78, 5) is 17.8. The third-order valence-electron chi connectivity index (χ3n) is 0.957. The second kappa shape index (κ2) is 29.6. The molecule has 0 aliphatic rings. The van der Waals surface area contributed by atoms with E-state index in [1.165, 1.54) is 39.5 Å². The highest BCUT2D eigenvalue weighted by atomic mass is 16.3. The van der Waals surface area contributed by atoms with Gasteiger partial charge in [-0.2, -0.15) is 0 Å². The molecule has 1 N–H and O–H groups in total. The van der Waals surface area contributed by atoms with Gasteiger partial charge in [-0.15, -0.1) is 0 Å². The molecule has 0 spiro atoms. The van der Waals surface area contributed by atoms with Crippen molar-refractivity contribution in [3.05, 3.63) is 0 Å². The predicted molar refractivity (Wildman–Crippen MR) is 61.6 cm³/mol. The zero-order chi connectivity index (χ0) is 11.1. The molecule has 0 fully saturated rings. The van der Waals surface area contributed by atoms with Gasteiger partial charge in [0.05, 0.1) is 0 Å². The highest BCUT2D eigenvalue weighted by Crippen LogP contribution is 1.95. The maximum Gasteiger partial charge on any atom is 0.290 e. The van der Waals surface area contributed by atoms with Crippen molar-refractivity contribution in [2.24, 2.45) is 0 Å². The lowest BCUT2D eigenvalue weighted by atomic mass is 10.2. The SMILES string of the molecule is C.CC(C)=O.CCCCCC.O=CO. The van der Waals surface area contributed by atoms with Crippen LogP contribution in [0.3, 0.4) is 0 Å². The third kappa shape index (κ3) is 250. The van der Waals surface area contributed by atoms with Gasteiger partial charge in [-0.1, -0.05) is 47.0 Å². The van der Waals surface area contributed by atoms with E-state index in [2.05, 4.69) is 13.8 Å². The molecule has 0 saturated carbocycles. The quantitative estimate of drug-likeness (QED) is 0.567. The number of rotatable bonds is 3. The Morgan fingerprint density at radius 3 is 1.36 bits per heavy atom. The van der Waals surface area contributed by atoms with Crippen LogP contribution in [0.5, 0.6) is 0 Å². The van der Waals surface area contributed by atoms with Gasteiger partial charge in [-0.25, -0.2) is 0 Å². The fraction of sp³-hybridized carbons (Fsp3) is 0.818. The number of carboxylic acid groups (broad SMARTS) is 1. The standard InChI is InChI=1S/C6H14.C3H6O.CH2O2.CH4/c1-3-5-6-4-2;1-3(2)4;2-1-3;/h3-6H2,1-2H3;1-2H3;1H,(H,2,3);1H4. The zero-order valence-corrected chi connectivity index (χ0v) is 9.17. The Morgan fingerprint density at radius 1 is 1.14 bits per heavy atom. The van der Waals surface area contributed by atoms with Crippen LogP contribution >= 0.6 is 0 Å². The number of unbranched alkanes of at least 4 members (excludes halogenated alkanes) is 3. The minimum absolute atomic E-state index is 0. The lowest BCUT2D eigenvalue weighted by molar-refractivity contribution is -0.123. The van der Waals surface area contributed by atoms with E-state index >= 15 is 0 Å². The molecule has 3 heteroatoms. The molecule has 0 aromatic heterocycles. The second-order valence-corrected chi connectivity index (χ2v) is 2.72. The number of Topliss-reactive ketones (excluding diaryl/α,β-unsaturated/α-hetero) is 1. The summed E-state index contributed by atoms with van der Waals surface area (Å²) < 4.78 is 0. The molecule has 0 heterocycles. The summed E-state index contributed by atoms with van der Waals surface area (Å²) in [6.45, 7) is 7.27. The van der Waals surface area contributed by atoms with Crippen LogP contribution in [-0.2, 0) is 9.59 Å². The molecule has 0 radical (unpaired) electrons. The minimum atomic E-state index is -0.250. The van der Waals surface area contributed by atoms with Gasteiger partial charge in [-0.05, 0) is 13.8 Å². The predicted octanol–water partition coefficient (Wildman–Crippen LogP) is 3.52. The number of hydrogen-bond acceptors (Lipinski definition) is 2. The van der Waals surface area contributed by atoms with Crippen LogP contribution in [0.25, 0.3) is 0 Å². The Bertz CT molecular complexity index is 92.7. The topological polar surface area (TPSA) is 54.4 Å². The maximum absolute atomic E-state index is 9.44. The molecule has 0 bridgehead atoms.